The second kappa shape index (κ2) is 7.82. The van der Waals surface area contributed by atoms with Gasteiger partial charge in [-0.15, -0.1) is 0 Å². The molecule has 3 heteroatoms. The van der Waals surface area contributed by atoms with Crippen LogP contribution in [0.1, 0.15) is 35.5 Å². The molecule has 0 saturated heterocycles. The van der Waals surface area contributed by atoms with E-state index >= 15 is 0 Å². The van der Waals surface area contributed by atoms with E-state index in [1.165, 1.54) is 0 Å². The van der Waals surface area contributed by atoms with Crippen molar-refractivity contribution in [2.45, 2.75) is 34.1 Å². The van der Waals surface area contributed by atoms with Gasteiger partial charge in [-0.05, 0) is 43.2 Å². The SMILES string of the molecule is CC.COc1ccc2c(c1)c(C)c(C)n2C(=O)Cc1ccccc1. The Bertz CT molecular complexity index is 832. The lowest BCUT2D eigenvalue weighted by Crippen LogP contribution is -2.14. The minimum absolute atomic E-state index is 0.0898. The Morgan fingerprint density at radius 1 is 1.04 bits per heavy atom. The number of rotatable bonds is 3. The fourth-order valence-corrected chi connectivity index (χ4v) is 2.85. The van der Waals surface area contributed by atoms with Crippen molar-refractivity contribution in [1.82, 2.24) is 4.57 Å². The topological polar surface area (TPSA) is 31.2 Å². The Morgan fingerprint density at radius 2 is 1.71 bits per heavy atom. The number of methoxy groups -OCH3 is 1. The third-order valence-corrected chi connectivity index (χ3v) is 4.17. The number of hydrogen-bond acceptors (Lipinski definition) is 2. The standard InChI is InChI=1S/C19H19NO2.C2H6/c1-13-14(2)20(18-10-9-16(22-3)12-17(13)18)19(21)11-15-7-5-4-6-8-15;1-2/h4-10,12H,11H2,1-3H3;1-2H3. The van der Waals surface area contributed by atoms with Crippen LogP contribution in [0.25, 0.3) is 10.9 Å². The predicted octanol–water partition coefficient (Wildman–Crippen LogP) is 5.18. The van der Waals surface area contributed by atoms with Crippen LogP contribution in [0.4, 0.5) is 0 Å². The summed E-state index contributed by atoms with van der Waals surface area (Å²) in [4.78, 5) is 12.7. The molecule has 0 N–H and O–H groups in total. The molecule has 24 heavy (non-hydrogen) atoms. The molecule has 0 unspecified atom stereocenters. The van der Waals surface area contributed by atoms with Crippen molar-refractivity contribution in [3.8, 4) is 5.75 Å². The quantitative estimate of drug-likeness (QED) is 0.665. The molecule has 0 aliphatic heterocycles. The molecule has 3 nitrogen and oxygen atoms in total. The summed E-state index contributed by atoms with van der Waals surface area (Å²) in [5, 5.41) is 1.07. The van der Waals surface area contributed by atoms with Crippen molar-refractivity contribution in [2.24, 2.45) is 0 Å². The van der Waals surface area contributed by atoms with E-state index in [9.17, 15) is 4.79 Å². The molecular weight excluding hydrogens is 298 g/mol. The van der Waals surface area contributed by atoms with Gasteiger partial charge < -0.3 is 4.74 Å². The summed E-state index contributed by atoms with van der Waals surface area (Å²) in [7, 11) is 1.65. The number of hydrogen-bond donors (Lipinski definition) is 0. The first-order chi connectivity index (χ1) is 11.6. The number of ether oxygens (including phenoxy) is 1. The van der Waals surface area contributed by atoms with Crippen LogP contribution in [0.15, 0.2) is 48.5 Å². The zero-order valence-electron chi connectivity index (χ0n) is 15.1. The maximum Gasteiger partial charge on any atom is 0.235 e. The minimum atomic E-state index is 0.0898. The molecule has 0 aliphatic carbocycles. The highest BCUT2D eigenvalue weighted by atomic mass is 16.5. The molecule has 0 bridgehead atoms. The normalized spacial score (nSPS) is 10.2. The van der Waals surface area contributed by atoms with Crippen LogP contribution in [-0.4, -0.2) is 17.6 Å². The van der Waals surface area contributed by atoms with Gasteiger partial charge in [0.05, 0.1) is 19.0 Å². The monoisotopic (exact) mass is 323 g/mol. The third kappa shape index (κ3) is 3.35. The van der Waals surface area contributed by atoms with Crippen molar-refractivity contribution in [3.05, 3.63) is 65.4 Å². The zero-order valence-corrected chi connectivity index (χ0v) is 15.1. The Morgan fingerprint density at radius 3 is 2.33 bits per heavy atom. The highest BCUT2D eigenvalue weighted by Gasteiger charge is 2.17. The van der Waals surface area contributed by atoms with Crippen molar-refractivity contribution in [2.75, 3.05) is 7.11 Å². The second-order valence-electron chi connectivity index (χ2n) is 5.49. The number of benzene rings is 2. The predicted molar refractivity (Wildman–Crippen MR) is 100 cm³/mol. The molecule has 0 fully saturated rings. The Hall–Kier alpha value is -2.55. The molecule has 0 radical (unpaired) electrons. The summed E-state index contributed by atoms with van der Waals surface area (Å²) in [5.41, 5.74) is 4.08. The van der Waals surface area contributed by atoms with Gasteiger partial charge in [0.25, 0.3) is 0 Å². The van der Waals surface area contributed by atoms with Gasteiger partial charge in [-0.2, -0.15) is 0 Å². The van der Waals surface area contributed by atoms with E-state index in [2.05, 4.69) is 0 Å². The highest BCUT2D eigenvalue weighted by Crippen LogP contribution is 2.29. The molecular formula is C21H25NO2. The van der Waals surface area contributed by atoms with Gasteiger partial charge in [0.15, 0.2) is 0 Å². The molecule has 126 valence electrons. The average Bonchev–Trinajstić information content (AvgIpc) is 2.88. The Balaban J connectivity index is 0.00000100. The number of nitrogens with zero attached hydrogens (tertiary/aromatic N) is 1. The molecule has 0 atom stereocenters. The van der Waals surface area contributed by atoms with E-state index in [1.807, 2.05) is 80.8 Å². The number of carbonyl (C=O) groups excluding carboxylic acids is 1. The highest BCUT2D eigenvalue weighted by molar-refractivity contribution is 5.97. The van der Waals surface area contributed by atoms with Crippen LogP contribution >= 0.6 is 0 Å². The van der Waals surface area contributed by atoms with Crippen LogP contribution in [0.3, 0.4) is 0 Å². The Kier molecular flexibility index (Phi) is 5.80. The largest absolute Gasteiger partial charge is 0.497 e. The maximum absolute atomic E-state index is 12.7. The fourth-order valence-electron chi connectivity index (χ4n) is 2.85. The van der Waals surface area contributed by atoms with Gasteiger partial charge in [0.2, 0.25) is 5.91 Å². The van der Waals surface area contributed by atoms with Gasteiger partial charge in [0, 0.05) is 11.1 Å². The average molecular weight is 323 g/mol. The van der Waals surface area contributed by atoms with E-state index in [1.54, 1.807) is 7.11 Å². The van der Waals surface area contributed by atoms with Crippen LogP contribution in [0.2, 0.25) is 0 Å². The van der Waals surface area contributed by atoms with Gasteiger partial charge in [-0.3, -0.25) is 9.36 Å². The first kappa shape index (κ1) is 17.8. The lowest BCUT2D eigenvalue weighted by atomic mass is 10.1. The third-order valence-electron chi connectivity index (χ3n) is 4.17. The summed E-state index contributed by atoms with van der Waals surface area (Å²) >= 11 is 0. The molecule has 0 amide bonds. The van der Waals surface area contributed by atoms with Crippen LogP contribution in [0.5, 0.6) is 5.75 Å². The van der Waals surface area contributed by atoms with Crippen molar-refractivity contribution in [1.29, 1.82) is 0 Å². The van der Waals surface area contributed by atoms with Crippen molar-refractivity contribution < 1.29 is 9.53 Å². The first-order valence-electron chi connectivity index (χ1n) is 8.34. The number of carbonyl (C=O) groups is 1. The number of aryl methyl sites for hydroxylation is 1. The number of fused-ring (bicyclic) bond motifs is 1. The molecule has 3 rings (SSSR count). The first-order valence-corrected chi connectivity index (χ1v) is 8.34. The molecule has 0 aliphatic rings. The minimum Gasteiger partial charge on any atom is -0.497 e. The lowest BCUT2D eigenvalue weighted by molar-refractivity contribution is 0.0917. The number of aromatic nitrogens is 1. The van der Waals surface area contributed by atoms with Gasteiger partial charge in [-0.25, -0.2) is 0 Å². The van der Waals surface area contributed by atoms with Crippen LogP contribution in [-0.2, 0) is 6.42 Å². The summed E-state index contributed by atoms with van der Waals surface area (Å²) in [5.74, 6) is 0.898. The molecule has 1 heterocycles. The molecule has 2 aromatic carbocycles. The van der Waals surface area contributed by atoms with E-state index in [0.29, 0.717) is 6.42 Å². The van der Waals surface area contributed by atoms with Crippen LogP contribution < -0.4 is 4.74 Å². The van der Waals surface area contributed by atoms with E-state index in [-0.39, 0.29) is 5.91 Å². The second-order valence-corrected chi connectivity index (χ2v) is 5.49. The molecule has 3 aromatic rings. The smallest absolute Gasteiger partial charge is 0.235 e. The van der Waals surface area contributed by atoms with Gasteiger partial charge in [0.1, 0.15) is 5.75 Å². The van der Waals surface area contributed by atoms with E-state index in [4.69, 9.17) is 4.74 Å². The van der Waals surface area contributed by atoms with Gasteiger partial charge >= 0.3 is 0 Å². The van der Waals surface area contributed by atoms with E-state index < -0.39 is 0 Å². The van der Waals surface area contributed by atoms with E-state index in [0.717, 1.165) is 33.5 Å². The van der Waals surface area contributed by atoms with Crippen molar-refractivity contribution in [3.63, 3.8) is 0 Å². The lowest BCUT2D eigenvalue weighted by Gasteiger charge is -2.07. The Labute approximate surface area is 143 Å². The van der Waals surface area contributed by atoms with Crippen LogP contribution in [0, 0.1) is 13.8 Å². The fraction of sp³-hybridized carbons (Fsp3) is 0.286. The zero-order chi connectivity index (χ0) is 17.7. The summed E-state index contributed by atoms with van der Waals surface area (Å²) in [6.07, 6.45) is 0.400. The maximum atomic E-state index is 12.7. The van der Waals surface area contributed by atoms with Gasteiger partial charge in [-0.1, -0.05) is 44.2 Å². The summed E-state index contributed by atoms with van der Waals surface area (Å²) < 4.78 is 7.10. The molecule has 0 saturated carbocycles. The van der Waals surface area contributed by atoms with Crippen molar-refractivity contribution >= 4 is 16.8 Å². The molecule has 1 aromatic heterocycles. The molecule has 0 spiro atoms. The summed E-state index contributed by atoms with van der Waals surface area (Å²) in [6.45, 7) is 8.04. The summed E-state index contributed by atoms with van der Waals surface area (Å²) in [6, 6.07) is 15.7.